The topological polar surface area (TPSA) is 70.0 Å². The van der Waals surface area contributed by atoms with E-state index >= 15 is 0 Å². The van der Waals surface area contributed by atoms with E-state index in [2.05, 4.69) is 27.2 Å². The van der Waals surface area contributed by atoms with E-state index < -0.39 is 0 Å². The Bertz CT molecular complexity index is 672. The number of nitrogens with zero attached hydrogens (tertiary/aromatic N) is 4. The van der Waals surface area contributed by atoms with Crippen LogP contribution < -0.4 is 5.32 Å². The number of rotatable bonds is 7. The van der Waals surface area contributed by atoms with E-state index in [0.717, 1.165) is 81.8 Å². The standard InChI is InChI=1S/C19H29N5O2/c1-3-7-20-19(21-8-6-18-5-4-13-25-18)24-11-9-23(10-12-24)15-17-14-16(2)26-22-17/h4-5,13-14H,3,6-12,15H2,1-2H3,(H,20,21). The molecule has 2 aromatic heterocycles. The van der Waals surface area contributed by atoms with Gasteiger partial charge in [0.2, 0.25) is 0 Å². The molecule has 142 valence electrons. The predicted molar refractivity (Wildman–Crippen MR) is 101 cm³/mol. The van der Waals surface area contributed by atoms with Gasteiger partial charge in [-0.3, -0.25) is 9.89 Å². The third-order valence-corrected chi connectivity index (χ3v) is 4.45. The zero-order chi connectivity index (χ0) is 18.2. The van der Waals surface area contributed by atoms with Gasteiger partial charge in [-0.1, -0.05) is 12.1 Å². The normalized spacial score (nSPS) is 16.2. The zero-order valence-corrected chi connectivity index (χ0v) is 15.8. The van der Waals surface area contributed by atoms with Crippen LogP contribution in [0.15, 0.2) is 38.4 Å². The lowest BCUT2D eigenvalue weighted by molar-refractivity contribution is 0.169. The summed E-state index contributed by atoms with van der Waals surface area (Å²) in [5.41, 5.74) is 1.01. The molecule has 1 N–H and O–H groups in total. The largest absolute Gasteiger partial charge is 0.469 e. The number of hydrogen-bond donors (Lipinski definition) is 1. The van der Waals surface area contributed by atoms with Gasteiger partial charge in [0, 0.05) is 58.3 Å². The van der Waals surface area contributed by atoms with Crippen molar-refractivity contribution in [1.29, 1.82) is 0 Å². The molecule has 0 aliphatic carbocycles. The molecule has 0 radical (unpaired) electrons. The number of aliphatic imine (C=N–C) groups is 1. The molecule has 0 spiro atoms. The molecule has 26 heavy (non-hydrogen) atoms. The van der Waals surface area contributed by atoms with E-state index in [-0.39, 0.29) is 0 Å². The van der Waals surface area contributed by atoms with Gasteiger partial charge in [0.25, 0.3) is 0 Å². The minimum atomic E-state index is 0.828. The molecule has 7 heteroatoms. The van der Waals surface area contributed by atoms with Gasteiger partial charge in [0.15, 0.2) is 5.96 Å². The van der Waals surface area contributed by atoms with Gasteiger partial charge in [-0.25, -0.2) is 0 Å². The number of aryl methyl sites for hydroxylation is 1. The average molecular weight is 359 g/mol. The Morgan fingerprint density at radius 3 is 2.81 bits per heavy atom. The van der Waals surface area contributed by atoms with Crippen LogP contribution in [0.25, 0.3) is 0 Å². The van der Waals surface area contributed by atoms with Crippen molar-refractivity contribution < 1.29 is 8.94 Å². The molecule has 1 fully saturated rings. The van der Waals surface area contributed by atoms with Gasteiger partial charge in [-0.2, -0.15) is 0 Å². The van der Waals surface area contributed by atoms with Gasteiger partial charge >= 0.3 is 0 Å². The second-order valence-corrected chi connectivity index (χ2v) is 6.65. The number of aromatic nitrogens is 1. The molecular formula is C19H29N5O2. The summed E-state index contributed by atoms with van der Waals surface area (Å²) in [5.74, 6) is 2.88. The molecular weight excluding hydrogens is 330 g/mol. The Labute approximate surface area is 155 Å². The van der Waals surface area contributed by atoms with Crippen molar-refractivity contribution >= 4 is 5.96 Å². The number of furan rings is 1. The monoisotopic (exact) mass is 359 g/mol. The van der Waals surface area contributed by atoms with Crippen molar-refractivity contribution in [2.45, 2.75) is 33.2 Å². The molecule has 0 bridgehead atoms. The van der Waals surface area contributed by atoms with Gasteiger partial charge in [-0.05, 0) is 25.5 Å². The van der Waals surface area contributed by atoms with Crippen LogP contribution in [0.3, 0.4) is 0 Å². The van der Waals surface area contributed by atoms with E-state index in [9.17, 15) is 0 Å². The molecule has 7 nitrogen and oxygen atoms in total. The summed E-state index contributed by atoms with van der Waals surface area (Å²) >= 11 is 0. The van der Waals surface area contributed by atoms with Crippen LogP contribution in [0.4, 0.5) is 0 Å². The van der Waals surface area contributed by atoms with Crippen LogP contribution in [0.5, 0.6) is 0 Å². The Hall–Kier alpha value is -2.28. The van der Waals surface area contributed by atoms with E-state index in [1.165, 1.54) is 0 Å². The Balaban J connectivity index is 1.48. The summed E-state index contributed by atoms with van der Waals surface area (Å²) in [6.45, 7) is 10.5. The predicted octanol–water partition coefficient (Wildman–Crippen LogP) is 2.29. The second-order valence-electron chi connectivity index (χ2n) is 6.65. The third kappa shape index (κ3) is 5.36. The van der Waals surface area contributed by atoms with Crippen molar-refractivity contribution in [3.8, 4) is 0 Å². The highest BCUT2D eigenvalue weighted by Gasteiger charge is 2.20. The first-order valence-electron chi connectivity index (χ1n) is 9.45. The van der Waals surface area contributed by atoms with Crippen molar-refractivity contribution in [3.63, 3.8) is 0 Å². The fraction of sp³-hybridized carbons (Fsp3) is 0.579. The van der Waals surface area contributed by atoms with Crippen LogP contribution in [-0.2, 0) is 13.0 Å². The van der Waals surface area contributed by atoms with E-state index in [0.29, 0.717) is 0 Å². The number of hydrogen-bond acceptors (Lipinski definition) is 5. The van der Waals surface area contributed by atoms with Crippen LogP contribution in [0.2, 0.25) is 0 Å². The summed E-state index contributed by atoms with van der Waals surface area (Å²) in [7, 11) is 0. The highest BCUT2D eigenvalue weighted by atomic mass is 16.5. The molecule has 0 atom stereocenters. The lowest BCUT2D eigenvalue weighted by atomic mass is 10.3. The number of piperazine rings is 1. The van der Waals surface area contributed by atoms with E-state index in [1.54, 1.807) is 6.26 Å². The quantitative estimate of drug-likeness (QED) is 0.604. The van der Waals surface area contributed by atoms with Crippen LogP contribution >= 0.6 is 0 Å². The zero-order valence-electron chi connectivity index (χ0n) is 15.8. The molecule has 3 rings (SSSR count). The minimum Gasteiger partial charge on any atom is -0.469 e. The third-order valence-electron chi connectivity index (χ3n) is 4.45. The number of guanidine groups is 1. The maximum atomic E-state index is 5.40. The van der Waals surface area contributed by atoms with Gasteiger partial charge < -0.3 is 19.2 Å². The molecule has 0 aromatic carbocycles. The fourth-order valence-electron chi connectivity index (χ4n) is 3.08. The average Bonchev–Trinajstić information content (AvgIpc) is 3.30. The molecule has 3 heterocycles. The maximum Gasteiger partial charge on any atom is 0.194 e. The molecule has 0 amide bonds. The van der Waals surface area contributed by atoms with Gasteiger partial charge in [-0.15, -0.1) is 0 Å². The van der Waals surface area contributed by atoms with Gasteiger partial charge in [0.1, 0.15) is 11.5 Å². The summed E-state index contributed by atoms with van der Waals surface area (Å²) in [5, 5.41) is 7.59. The van der Waals surface area contributed by atoms with Crippen molar-refractivity contribution in [2.24, 2.45) is 4.99 Å². The lowest BCUT2D eigenvalue weighted by Crippen LogP contribution is -2.52. The highest BCUT2D eigenvalue weighted by molar-refractivity contribution is 5.80. The van der Waals surface area contributed by atoms with Crippen LogP contribution in [0.1, 0.15) is 30.6 Å². The highest BCUT2D eigenvalue weighted by Crippen LogP contribution is 2.09. The van der Waals surface area contributed by atoms with Crippen LogP contribution in [-0.4, -0.2) is 60.2 Å². The molecule has 1 aliphatic heterocycles. The lowest BCUT2D eigenvalue weighted by Gasteiger charge is -2.36. The second kappa shape index (κ2) is 9.43. The SMILES string of the molecule is CCCN=C(NCCc1ccco1)N1CCN(Cc2cc(C)on2)CC1. The van der Waals surface area contributed by atoms with E-state index in [4.69, 9.17) is 13.9 Å². The van der Waals surface area contributed by atoms with Crippen molar-refractivity contribution in [2.75, 3.05) is 39.3 Å². The summed E-state index contributed by atoms with van der Waals surface area (Å²) in [6, 6.07) is 5.95. The first kappa shape index (κ1) is 18.5. The summed E-state index contributed by atoms with van der Waals surface area (Å²) in [6.07, 6.45) is 3.63. The smallest absolute Gasteiger partial charge is 0.194 e. The fourth-order valence-corrected chi connectivity index (χ4v) is 3.08. The minimum absolute atomic E-state index is 0.828. The molecule has 1 aliphatic rings. The number of nitrogens with one attached hydrogen (secondary N) is 1. The first-order chi connectivity index (χ1) is 12.7. The molecule has 1 saturated heterocycles. The van der Waals surface area contributed by atoms with Crippen molar-refractivity contribution in [3.05, 3.63) is 41.7 Å². The Morgan fingerprint density at radius 2 is 2.15 bits per heavy atom. The van der Waals surface area contributed by atoms with Crippen LogP contribution in [0, 0.1) is 6.92 Å². The first-order valence-corrected chi connectivity index (χ1v) is 9.45. The van der Waals surface area contributed by atoms with Crippen molar-refractivity contribution in [1.82, 2.24) is 20.3 Å². The Kier molecular flexibility index (Phi) is 6.71. The van der Waals surface area contributed by atoms with E-state index in [1.807, 2.05) is 25.1 Å². The Morgan fingerprint density at radius 1 is 1.31 bits per heavy atom. The maximum absolute atomic E-state index is 5.40. The molecule has 2 aromatic rings. The summed E-state index contributed by atoms with van der Waals surface area (Å²) in [4.78, 5) is 9.51. The summed E-state index contributed by atoms with van der Waals surface area (Å²) < 4.78 is 10.6. The molecule has 0 unspecified atom stereocenters. The van der Waals surface area contributed by atoms with Gasteiger partial charge in [0.05, 0.1) is 12.0 Å². The molecule has 0 saturated carbocycles.